The van der Waals surface area contributed by atoms with Crippen LogP contribution in [0.4, 0.5) is 0 Å². The van der Waals surface area contributed by atoms with Gasteiger partial charge in [-0.2, -0.15) is 0 Å². The maximum Gasteiger partial charge on any atom is 0.312 e. The molecule has 2 heterocycles. The molecule has 138 valence electrons. The van der Waals surface area contributed by atoms with E-state index in [2.05, 4.69) is 16.2 Å². The molecular weight excluding hydrogens is 358 g/mol. The summed E-state index contributed by atoms with van der Waals surface area (Å²) in [6.07, 6.45) is 1.54. The summed E-state index contributed by atoms with van der Waals surface area (Å²) < 4.78 is 10.4. The number of carbonyl (C=O) groups is 2. The van der Waals surface area contributed by atoms with Gasteiger partial charge in [0, 0.05) is 11.6 Å². The van der Waals surface area contributed by atoms with Gasteiger partial charge in [0.2, 0.25) is 0 Å². The number of hydrazine groups is 1. The third kappa shape index (κ3) is 4.43. The standard InChI is InChI=1S/C18H20ClN3O4/c1-11(15-3-2-8-25-15)21-16(23)10-26-18(24)14-9-20-22-17(14)12-4-6-13(19)7-5-12/h2-8,11,14,17,20,22H,9-10H2,1H3,(H,21,23). The molecule has 3 N–H and O–H groups in total. The van der Waals surface area contributed by atoms with E-state index in [1.165, 1.54) is 6.26 Å². The summed E-state index contributed by atoms with van der Waals surface area (Å²) in [6, 6.07) is 10.2. The second-order valence-corrected chi connectivity index (χ2v) is 6.51. The molecule has 1 aromatic heterocycles. The van der Waals surface area contributed by atoms with Crippen LogP contribution in [0.15, 0.2) is 47.1 Å². The number of hydrogen-bond donors (Lipinski definition) is 3. The fraction of sp³-hybridized carbons (Fsp3) is 0.333. The molecule has 3 rings (SSSR count). The molecule has 3 atom stereocenters. The molecule has 2 aromatic rings. The SMILES string of the molecule is CC(NC(=O)COC(=O)C1CNNC1c1ccc(Cl)cc1)c1ccco1. The van der Waals surface area contributed by atoms with E-state index in [-0.39, 0.29) is 24.6 Å². The summed E-state index contributed by atoms with van der Waals surface area (Å²) in [5, 5.41) is 3.35. The van der Waals surface area contributed by atoms with E-state index in [9.17, 15) is 9.59 Å². The van der Waals surface area contributed by atoms with Gasteiger partial charge < -0.3 is 14.5 Å². The van der Waals surface area contributed by atoms with Crippen LogP contribution >= 0.6 is 11.6 Å². The molecule has 1 aliphatic rings. The van der Waals surface area contributed by atoms with Crippen LogP contribution in [0.2, 0.25) is 5.02 Å². The largest absolute Gasteiger partial charge is 0.467 e. The van der Waals surface area contributed by atoms with Crippen LogP contribution in [0.25, 0.3) is 0 Å². The molecule has 1 saturated heterocycles. The summed E-state index contributed by atoms with van der Waals surface area (Å²) in [4.78, 5) is 24.4. The Morgan fingerprint density at radius 2 is 2.12 bits per heavy atom. The highest BCUT2D eigenvalue weighted by Gasteiger charge is 2.35. The Balaban J connectivity index is 1.52. The predicted octanol–water partition coefficient (Wildman–Crippen LogP) is 2.12. The maximum absolute atomic E-state index is 12.4. The van der Waals surface area contributed by atoms with Crippen LogP contribution in [-0.4, -0.2) is 25.0 Å². The normalized spacial score (nSPS) is 20.5. The van der Waals surface area contributed by atoms with E-state index < -0.39 is 11.9 Å². The molecule has 0 radical (unpaired) electrons. The molecule has 1 fully saturated rings. The highest BCUT2D eigenvalue weighted by Crippen LogP contribution is 2.27. The Hall–Kier alpha value is -2.35. The van der Waals surface area contributed by atoms with Gasteiger partial charge >= 0.3 is 5.97 Å². The van der Waals surface area contributed by atoms with Gasteiger partial charge in [-0.3, -0.25) is 15.0 Å². The molecular formula is C18H20ClN3O4. The van der Waals surface area contributed by atoms with E-state index in [0.717, 1.165) is 5.56 Å². The van der Waals surface area contributed by atoms with E-state index in [4.69, 9.17) is 20.8 Å². The zero-order valence-corrected chi connectivity index (χ0v) is 15.0. The second kappa shape index (κ2) is 8.35. The minimum absolute atomic E-state index is 0.245. The number of benzene rings is 1. The van der Waals surface area contributed by atoms with Crippen LogP contribution in [0.3, 0.4) is 0 Å². The van der Waals surface area contributed by atoms with Crippen molar-refractivity contribution in [1.29, 1.82) is 0 Å². The highest BCUT2D eigenvalue weighted by molar-refractivity contribution is 6.30. The van der Waals surface area contributed by atoms with Crippen molar-refractivity contribution in [2.75, 3.05) is 13.2 Å². The number of nitrogens with one attached hydrogen (secondary N) is 3. The van der Waals surface area contributed by atoms with E-state index >= 15 is 0 Å². The Labute approximate surface area is 156 Å². The monoisotopic (exact) mass is 377 g/mol. The van der Waals surface area contributed by atoms with Crippen molar-refractivity contribution in [3.8, 4) is 0 Å². The third-order valence-corrected chi connectivity index (χ3v) is 4.46. The first-order valence-corrected chi connectivity index (χ1v) is 8.65. The van der Waals surface area contributed by atoms with Crippen molar-refractivity contribution >= 4 is 23.5 Å². The van der Waals surface area contributed by atoms with Gasteiger partial charge in [-0.25, -0.2) is 5.43 Å². The molecule has 1 amide bonds. The number of furan rings is 1. The van der Waals surface area contributed by atoms with Gasteiger partial charge in [-0.15, -0.1) is 0 Å². The summed E-state index contributed by atoms with van der Waals surface area (Å²) in [5.41, 5.74) is 6.93. The van der Waals surface area contributed by atoms with Crippen LogP contribution in [0, 0.1) is 5.92 Å². The Morgan fingerprint density at radius 3 is 2.81 bits per heavy atom. The molecule has 7 nitrogen and oxygen atoms in total. The summed E-state index contributed by atoms with van der Waals surface area (Å²) in [7, 11) is 0. The number of halogens is 1. The first kappa shape index (κ1) is 18.4. The first-order valence-electron chi connectivity index (χ1n) is 8.28. The minimum atomic E-state index is -0.441. The predicted molar refractivity (Wildman–Crippen MR) is 95.0 cm³/mol. The lowest BCUT2D eigenvalue weighted by Gasteiger charge is -2.18. The van der Waals surface area contributed by atoms with Gasteiger partial charge in [-0.05, 0) is 36.8 Å². The first-order chi connectivity index (χ1) is 12.5. The lowest BCUT2D eigenvalue weighted by molar-refractivity contribution is -0.152. The van der Waals surface area contributed by atoms with Gasteiger partial charge in [0.25, 0.3) is 5.91 Å². The Kier molecular flexibility index (Phi) is 5.92. The van der Waals surface area contributed by atoms with Gasteiger partial charge in [0.05, 0.1) is 24.3 Å². The molecule has 0 bridgehead atoms. The zero-order valence-electron chi connectivity index (χ0n) is 14.2. The molecule has 3 unspecified atom stereocenters. The van der Waals surface area contributed by atoms with Crippen molar-refractivity contribution in [2.45, 2.75) is 19.0 Å². The van der Waals surface area contributed by atoms with Crippen molar-refractivity contribution in [1.82, 2.24) is 16.2 Å². The average Bonchev–Trinajstić information content (AvgIpc) is 3.32. The smallest absolute Gasteiger partial charge is 0.312 e. The Bertz CT molecular complexity index is 748. The van der Waals surface area contributed by atoms with Crippen molar-refractivity contribution < 1.29 is 18.7 Å². The number of amides is 1. The van der Waals surface area contributed by atoms with E-state index in [0.29, 0.717) is 17.3 Å². The topological polar surface area (TPSA) is 92.6 Å². The number of ether oxygens (including phenoxy) is 1. The van der Waals surface area contributed by atoms with Crippen LogP contribution < -0.4 is 16.2 Å². The minimum Gasteiger partial charge on any atom is -0.467 e. The average molecular weight is 378 g/mol. The number of esters is 1. The molecule has 0 spiro atoms. The number of hydrogen-bond acceptors (Lipinski definition) is 6. The van der Waals surface area contributed by atoms with E-state index in [1.54, 1.807) is 31.2 Å². The lowest BCUT2D eigenvalue weighted by Crippen LogP contribution is -2.33. The van der Waals surface area contributed by atoms with Gasteiger partial charge in [0.1, 0.15) is 5.76 Å². The fourth-order valence-electron chi connectivity index (χ4n) is 2.84. The fourth-order valence-corrected chi connectivity index (χ4v) is 2.96. The summed E-state index contributed by atoms with van der Waals surface area (Å²) in [5.74, 6) is -0.629. The van der Waals surface area contributed by atoms with E-state index in [1.807, 2.05) is 12.1 Å². The highest BCUT2D eigenvalue weighted by atomic mass is 35.5. The lowest BCUT2D eigenvalue weighted by atomic mass is 9.95. The van der Waals surface area contributed by atoms with Crippen LogP contribution in [0.1, 0.15) is 30.3 Å². The van der Waals surface area contributed by atoms with Crippen LogP contribution in [-0.2, 0) is 14.3 Å². The molecule has 1 aliphatic heterocycles. The maximum atomic E-state index is 12.4. The number of rotatable bonds is 6. The van der Waals surface area contributed by atoms with Crippen molar-refractivity contribution in [3.05, 3.63) is 59.0 Å². The zero-order chi connectivity index (χ0) is 18.5. The summed E-state index contributed by atoms with van der Waals surface area (Å²) >= 11 is 5.90. The molecule has 0 saturated carbocycles. The van der Waals surface area contributed by atoms with Gasteiger partial charge in [-0.1, -0.05) is 23.7 Å². The molecule has 8 heteroatoms. The quantitative estimate of drug-likeness (QED) is 0.668. The Morgan fingerprint density at radius 1 is 1.35 bits per heavy atom. The third-order valence-electron chi connectivity index (χ3n) is 4.21. The van der Waals surface area contributed by atoms with Gasteiger partial charge in [0.15, 0.2) is 6.61 Å². The molecule has 26 heavy (non-hydrogen) atoms. The molecule has 0 aliphatic carbocycles. The molecule has 1 aromatic carbocycles. The number of carbonyl (C=O) groups excluding carboxylic acids is 2. The van der Waals surface area contributed by atoms with Crippen molar-refractivity contribution in [2.24, 2.45) is 5.92 Å². The second-order valence-electron chi connectivity index (χ2n) is 6.07. The van der Waals surface area contributed by atoms with Crippen molar-refractivity contribution in [3.63, 3.8) is 0 Å². The summed E-state index contributed by atoms with van der Waals surface area (Å²) in [6.45, 7) is 1.87. The van der Waals surface area contributed by atoms with Crippen LogP contribution in [0.5, 0.6) is 0 Å².